The number of amides is 1. The number of thiophene rings is 1. The number of carbonyl (C=O) groups is 1. The number of likely N-dealkylation sites (tertiary alicyclic amines) is 1. The summed E-state index contributed by atoms with van der Waals surface area (Å²) in [4.78, 5) is 14.9. The van der Waals surface area contributed by atoms with Gasteiger partial charge in [-0.15, -0.1) is 11.3 Å². The molecule has 0 spiro atoms. The van der Waals surface area contributed by atoms with Crippen molar-refractivity contribution in [3.8, 4) is 0 Å². The van der Waals surface area contributed by atoms with Crippen LogP contribution in [0.2, 0.25) is 0 Å². The molecule has 4 nitrogen and oxygen atoms in total. The van der Waals surface area contributed by atoms with Gasteiger partial charge >= 0.3 is 0 Å². The van der Waals surface area contributed by atoms with Crippen LogP contribution in [0.15, 0.2) is 11.4 Å². The molecule has 1 unspecified atom stereocenters. The minimum absolute atomic E-state index is 0.00646. The maximum Gasteiger partial charge on any atom is 0.221 e. The van der Waals surface area contributed by atoms with Crippen molar-refractivity contribution < 1.29 is 4.79 Å². The van der Waals surface area contributed by atoms with Crippen molar-refractivity contribution in [3.05, 3.63) is 16.3 Å². The van der Waals surface area contributed by atoms with E-state index in [1.54, 1.807) is 18.3 Å². The van der Waals surface area contributed by atoms with E-state index in [-0.39, 0.29) is 5.91 Å². The Morgan fingerprint density at radius 3 is 3.00 bits per heavy atom. The van der Waals surface area contributed by atoms with Crippen molar-refractivity contribution in [2.75, 3.05) is 25.0 Å². The van der Waals surface area contributed by atoms with Crippen LogP contribution in [-0.4, -0.2) is 36.5 Å². The Bertz CT molecular complexity index is 444. The molecule has 1 aromatic heterocycles. The van der Waals surface area contributed by atoms with Gasteiger partial charge in [-0.25, -0.2) is 0 Å². The summed E-state index contributed by atoms with van der Waals surface area (Å²) in [6.07, 6.45) is 1.29. The van der Waals surface area contributed by atoms with E-state index in [0.29, 0.717) is 6.04 Å². The summed E-state index contributed by atoms with van der Waals surface area (Å²) >= 11 is 1.69. The Balaban J connectivity index is 1.74. The third-order valence-corrected chi connectivity index (χ3v) is 4.74. The molecule has 2 heterocycles. The van der Waals surface area contributed by atoms with E-state index in [4.69, 9.17) is 0 Å². The number of rotatable bonds is 6. The second-order valence-corrected chi connectivity index (χ2v) is 6.81. The average molecular weight is 295 g/mol. The fraction of sp³-hybridized carbons (Fsp3) is 0.667. The normalized spacial score (nSPS) is 19.7. The van der Waals surface area contributed by atoms with E-state index in [1.165, 1.54) is 24.4 Å². The standard InChI is InChI=1S/C15H25N3OS/c1-11(2)18-6-4-13(10-18)8-16-9-15-14(5-7-20-15)17-12(3)19/h5,7,11,13,16H,4,6,8-10H2,1-3H3,(H,17,19). The summed E-state index contributed by atoms with van der Waals surface area (Å²) in [6, 6.07) is 2.63. The van der Waals surface area contributed by atoms with Gasteiger partial charge in [0.1, 0.15) is 0 Å². The van der Waals surface area contributed by atoms with Crippen LogP contribution in [0.25, 0.3) is 0 Å². The van der Waals surface area contributed by atoms with Crippen LogP contribution in [-0.2, 0) is 11.3 Å². The number of hydrogen-bond acceptors (Lipinski definition) is 4. The largest absolute Gasteiger partial charge is 0.325 e. The number of hydrogen-bond donors (Lipinski definition) is 2. The molecule has 2 rings (SSSR count). The quantitative estimate of drug-likeness (QED) is 0.847. The highest BCUT2D eigenvalue weighted by Gasteiger charge is 2.23. The molecule has 1 aliphatic rings. The summed E-state index contributed by atoms with van der Waals surface area (Å²) in [5.74, 6) is 0.745. The Morgan fingerprint density at radius 2 is 2.35 bits per heavy atom. The zero-order valence-corrected chi connectivity index (χ0v) is 13.4. The van der Waals surface area contributed by atoms with Crippen LogP contribution in [0.3, 0.4) is 0 Å². The van der Waals surface area contributed by atoms with Gasteiger partial charge in [-0.2, -0.15) is 0 Å². The van der Waals surface area contributed by atoms with Crippen molar-refractivity contribution in [3.63, 3.8) is 0 Å². The van der Waals surface area contributed by atoms with Gasteiger partial charge in [-0.3, -0.25) is 4.79 Å². The smallest absolute Gasteiger partial charge is 0.221 e. The van der Waals surface area contributed by atoms with Crippen LogP contribution < -0.4 is 10.6 Å². The molecule has 2 N–H and O–H groups in total. The topological polar surface area (TPSA) is 44.4 Å². The minimum Gasteiger partial charge on any atom is -0.325 e. The SMILES string of the molecule is CC(=O)Nc1ccsc1CNCC1CCN(C(C)C)C1. The lowest BCUT2D eigenvalue weighted by atomic mass is 10.1. The van der Waals surface area contributed by atoms with E-state index in [1.807, 2.05) is 11.4 Å². The average Bonchev–Trinajstić information content (AvgIpc) is 2.99. The van der Waals surface area contributed by atoms with Crippen LogP contribution in [0, 0.1) is 5.92 Å². The summed E-state index contributed by atoms with van der Waals surface area (Å²) < 4.78 is 0. The summed E-state index contributed by atoms with van der Waals surface area (Å²) in [6.45, 7) is 10.4. The molecule has 0 aromatic carbocycles. The van der Waals surface area contributed by atoms with Crippen molar-refractivity contribution in [1.29, 1.82) is 0 Å². The van der Waals surface area contributed by atoms with Crippen LogP contribution >= 0.6 is 11.3 Å². The molecule has 1 aliphatic heterocycles. The second kappa shape index (κ2) is 7.20. The van der Waals surface area contributed by atoms with Crippen LogP contribution in [0.4, 0.5) is 5.69 Å². The van der Waals surface area contributed by atoms with Gasteiger partial charge in [-0.05, 0) is 50.7 Å². The zero-order chi connectivity index (χ0) is 14.5. The monoisotopic (exact) mass is 295 g/mol. The van der Waals surface area contributed by atoms with Gasteiger partial charge < -0.3 is 15.5 Å². The molecule has 1 atom stereocenters. The molecule has 0 saturated carbocycles. The van der Waals surface area contributed by atoms with Gasteiger partial charge in [0.25, 0.3) is 0 Å². The molecule has 1 saturated heterocycles. The molecule has 20 heavy (non-hydrogen) atoms. The first-order chi connectivity index (χ1) is 9.56. The van der Waals surface area contributed by atoms with E-state index >= 15 is 0 Å². The first kappa shape index (κ1) is 15.5. The molecule has 0 aliphatic carbocycles. The summed E-state index contributed by atoms with van der Waals surface area (Å²) in [5, 5.41) is 8.44. The highest BCUT2D eigenvalue weighted by Crippen LogP contribution is 2.22. The molecule has 5 heteroatoms. The molecule has 0 radical (unpaired) electrons. The minimum atomic E-state index is -0.00646. The third kappa shape index (κ3) is 4.30. The first-order valence-electron chi connectivity index (χ1n) is 7.35. The molecular formula is C15H25N3OS. The number of carbonyl (C=O) groups excluding carboxylic acids is 1. The Kier molecular flexibility index (Phi) is 5.57. The Morgan fingerprint density at radius 1 is 1.55 bits per heavy atom. The predicted octanol–water partition coefficient (Wildman–Crippen LogP) is 2.53. The van der Waals surface area contributed by atoms with Crippen molar-refractivity contribution in [2.45, 2.75) is 39.8 Å². The molecule has 1 fully saturated rings. The van der Waals surface area contributed by atoms with Crippen molar-refractivity contribution >= 4 is 22.9 Å². The molecule has 1 aromatic rings. The van der Waals surface area contributed by atoms with Crippen LogP contribution in [0.1, 0.15) is 32.1 Å². The fourth-order valence-electron chi connectivity index (χ4n) is 2.67. The molecule has 112 valence electrons. The zero-order valence-electron chi connectivity index (χ0n) is 12.6. The lowest BCUT2D eigenvalue weighted by molar-refractivity contribution is -0.114. The third-order valence-electron chi connectivity index (χ3n) is 3.82. The lowest BCUT2D eigenvalue weighted by Crippen LogP contribution is -2.30. The highest BCUT2D eigenvalue weighted by atomic mass is 32.1. The molecular weight excluding hydrogens is 270 g/mol. The summed E-state index contributed by atoms with van der Waals surface area (Å²) in [7, 11) is 0. The summed E-state index contributed by atoms with van der Waals surface area (Å²) in [5.41, 5.74) is 0.949. The second-order valence-electron chi connectivity index (χ2n) is 5.81. The predicted molar refractivity (Wildman–Crippen MR) is 85.1 cm³/mol. The van der Waals surface area contributed by atoms with E-state index in [0.717, 1.165) is 24.7 Å². The highest BCUT2D eigenvalue weighted by molar-refractivity contribution is 7.10. The van der Waals surface area contributed by atoms with E-state index < -0.39 is 0 Å². The van der Waals surface area contributed by atoms with Gasteiger partial charge in [0, 0.05) is 30.9 Å². The first-order valence-corrected chi connectivity index (χ1v) is 8.23. The van der Waals surface area contributed by atoms with E-state index in [2.05, 4.69) is 29.4 Å². The maximum absolute atomic E-state index is 11.1. The van der Waals surface area contributed by atoms with Gasteiger partial charge in [-0.1, -0.05) is 0 Å². The number of anilines is 1. The lowest BCUT2D eigenvalue weighted by Gasteiger charge is -2.20. The van der Waals surface area contributed by atoms with Crippen molar-refractivity contribution in [2.24, 2.45) is 5.92 Å². The van der Waals surface area contributed by atoms with Gasteiger partial charge in [0.05, 0.1) is 5.69 Å². The van der Waals surface area contributed by atoms with Crippen molar-refractivity contribution in [1.82, 2.24) is 10.2 Å². The van der Waals surface area contributed by atoms with Gasteiger partial charge in [0.15, 0.2) is 0 Å². The van der Waals surface area contributed by atoms with Crippen LogP contribution in [0.5, 0.6) is 0 Å². The molecule has 1 amide bonds. The Labute approximate surface area is 125 Å². The van der Waals surface area contributed by atoms with E-state index in [9.17, 15) is 4.79 Å². The number of nitrogens with zero attached hydrogens (tertiary/aromatic N) is 1. The fourth-order valence-corrected chi connectivity index (χ4v) is 3.47. The van der Waals surface area contributed by atoms with Gasteiger partial charge in [0.2, 0.25) is 5.91 Å². The number of nitrogens with one attached hydrogen (secondary N) is 2. The molecule has 0 bridgehead atoms. The Hall–Kier alpha value is -0.910. The maximum atomic E-state index is 11.1.